The third kappa shape index (κ3) is 2.89. The molecule has 19 heavy (non-hydrogen) atoms. The Morgan fingerprint density at radius 2 is 1.79 bits per heavy atom. The molecule has 0 amide bonds. The number of ether oxygens (including phenoxy) is 1. The molecule has 0 radical (unpaired) electrons. The van der Waals surface area contributed by atoms with Gasteiger partial charge in [0.25, 0.3) is 0 Å². The molecule has 1 aliphatic rings. The van der Waals surface area contributed by atoms with Crippen LogP contribution >= 0.6 is 0 Å². The summed E-state index contributed by atoms with van der Waals surface area (Å²) in [5.74, 6) is 0.197. The van der Waals surface area contributed by atoms with Crippen molar-refractivity contribution in [2.24, 2.45) is 5.92 Å². The highest BCUT2D eigenvalue weighted by Gasteiger charge is 2.49. The highest BCUT2D eigenvalue weighted by molar-refractivity contribution is 5.88. The Bertz CT molecular complexity index is 459. The monoisotopic (exact) mass is 260 g/mol. The van der Waals surface area contributed by atoms with E-state index in [9.17, 15) is 4.79 Å². The summed E-state index contributed by atoms with van der Waals surface area (Å²) in [6.45, 7) is 10.2. The van der Waals surface area contributed by atoms with E-state index in [0.717, 1.165) is 12.0 Å². The maximum Gasteiger partial charge on any atom is 0.146 e. The molecule has 0 N–H and O–H groups in total. The van der Waals surface area contributed by atoms with Gasteiger partial charge in [0.1, 0.15) is 5.78 Å². The minimum absolute atomic E-state index is 0.0299. The number of Topliss-reactive ketones (excluding diaryl/α,β-unsaturated/α-hetero) is 1. The molecule has 0 saturated carbocycles. The topological polar surface area (TPSA) is 26.3 Å². The Labute approximate surface area is 116 Å². The largest absolute Gasteiger partial charge is 0.369 e. The Morgan fingerprint density at radius 3 is 2.26 bits per heavy atom. The van der Waals surface area contributed by atoms with Crippen LogP contribution in [0.5, 0.6) is 0 Å². The van der Waals surface area contributed by atoms with Crippen LogP contribution in [0.2, 0.25) is 0 Å². The third-order valence-corrected chi connectivity index (χ3v) is 4.14. The van der Waals surface area contributed by atoms with Crippen molar-refractivity contribution < 1.29 is 9.53 Å². The number of carbonyl (C=O) groups is 1. The molecule has 2 rings (SSSR count). The third-order valence-electron chi connectivity index (χ3n) is 4.14. The fourth-order valence-electron chi connectivity index (χ4n) is 3.21. The predicted molar refractivity (Wildman–Crippen MR) is 77.2 cm³/mol. The van der Waals surface area contributed by atoms with Crippen molar-refractivity contribution in [3.8, 4) is 0 Å². The number of ketones is 1. The zero-order valence-corrected chi connectivity index (χ0v) is 12.6. The molecule has 0 bridgehead atoms. The van der Waals surface area contributed by atoms with Crippen molar-refractivity contribution in [2.75, 3.05) is 0 Å². The number of rotatable bonds is 3. The first kappa shape index (κ1) is 14.3. The number of benzene rings is 1. The van der Waals surface area contributed by atoms with Gasteiger partial charge in [-0.2, -0.15) is 0 Å². The fourth-order valence-corrected chi connectivity index (χ4v) is 3.21. The summed E-state index contributed by atoms with van der Waals surface area (Å²) in [5.41, 5.74) is 0.511. The molecule has 1 fully saturated rings. The standard InChI is InChI=1S/C17H24O2/c1-12(13-9-7-6-8-10-13)15(18)14-11-16(2,3)19-17(14,4)5/h6-10,12,14H,11H2,1-5H3. The molecule has 0 aliphatic carbocycles. The van der Waals surface area contributed by atoms with Gasteiger partial charge in [0.2, 0.25) is 0 Å². The fraction of sp³-hybridized carbons (Fsp3) is 0.588. The van der Waals surface area contributed by atoms with E-state index in [0.29, 0.717) is 5.78 Å². The molecule has 1 aliphatic heterocycles. The summed E-state index contributed by atoms with van der Waals surface area (Å²) < 4.78 is 6.04. The maximum absolute atomic E-state index is 12.8. The van der Waals surface area contributed by atoms with Gasteiger partial charge in [-0.1, -0.05) is 37.3 Å². The van der Waals surface area contributed by atoms with Gasteiger partial charge < -0.3 is 4.74 Å². The van der Waals surface area contributed by atoms with Crippen LogP contribution in [0.1, 0.15) is 52.5 Å². The molecule has 2 atom stereocenters. The first-order chi connectivity index (χ1) is 8.73. The number of hydrogen-bond acceptors (Lipinski definition) is 2. The Kier molecular flexibility index (Phi) is 3.57. The molecular formula is C17H24O2. The minimum atomic E-state index is -0.371. The van der Waals surface area contributed by atoms with E-state index in [2.05, 4.69) is 13.8 Å². The lowest BCUT2D eigenvalue weighted by atomic mass is 9.78. The van der Waals surface area contributed by atoms with E-state index < -0.39 is 0 Å². The zero-order chi connectivity index (χ0) is 14.3. The van der Waals surface area contributed by atoms with Gasteiger partial charge in [-0.3, -0.25) is 4.79 Å². The van der Waals surface area contributed by atoms with Gasteiger partial charge >= 0.3 is 0 Å². The highest BCUT2D eigenvalue weighted by Crippen LogP contribution is 2.44. The smallest absolute Gasteiger partial charge is 0.146 e. The summed E-state index contributed by atoms with van der Waals surface area (Å²) >= 11 is 0. The lowest BCUT2D eigenvalue weighted by Crippen LogP contribution is -2.35. The molecule has 1 heterocycles. The van der Waals surface area contributed by atoms with Gasteiger partial charge in [0, 0.05) is 11.8 Å². The predicted octanol–water partition coefficient (Wildman–Crippen LogP) is 3.95. The molecule has 1 aromatic rings. The second kappa shape index (κ2) is 4.75. The lowest BCUT2D eigenvalue weighted by molar-refractivity contribution is -0.130. The van der Waals surface area contributed by atoms with Crippen LogP contribution in [0, 0.1) is 5.92 Å². The van der Waals surface area contributed by atoms with E-state index in [1.54, 1.807) is 0 Å². The van der Waals surface area contributed by atoms with E-state index in [-0.39, 0.29) is 23.0 Å². The van der Waals surface area contributed by atoms with Gasteiger partial charge in [-0.25, -0.2) is 0 Å². The van der Waals surface area contributed by atoms with Crippen LogP contribution in [-0.2, 0) is 9.53 Å². The first-order valence-electron chi connectivity index (χ1n) is 7.02. The first-order valence-corrected chi connectivity index (χ1v) is 7.02. The van der Waals surface area contributed by atoms with Crippen LogP contribution in [0.3, 0.4) is 0 Å². The van der Waals surface area contributed by atoms with Gasteiger partial charge in [-0.15, -0.1) is 0 Å². The van der Waals surface area contributed by atoms with Crippen molar-refractivity contribution in [2.45, 2.75) is 58.2 Å². The molecule has 2 heteroatoms. The molecule has 1 aromatic carbocycles. The Hall–Kier alpha value is -1.15. The quantitative estimate of drug-likeness (QED) is 0.822. The Morgan fingerprint density at radius 1 is 1.21 bits per heavy atom. The van der Waals surface area contributed by atoms with Crippen LogP contribution in [0.25, 0.3) is 0 Å². The van der Waals surface area contributed by atoms with E-state index in [1.807, 2.05) is 51.1 Å². The summed E-state index contributed by atoms with van der Waals surface area (Å²) in [5, 5.41) is 0. The van der Waals surface area contributed by atoms with Crippen LogP contribution < -0.4 is 0 Å². The molecule has 0 aromatic heterocycles. The van der Waals surface area contributed by atoms with Gasteiger partial charge in [0.15, 0.2) is 0 Å². The van der Waals surface area contributed by atoms with Crippen molar-refractivity contribution in [3.63, 3.8) is 0 Å². The zero-order valence-electron chi connectivity index (χ0n) is 12.6. The van der Waals surface area contributed by atoms with Crippen molar-refractivity contribution in [3.05, 3.63) is 35.9 Å². The molecule has 0 spiro atoms. The van der Waals surface area contributed by atoms with E-state index in [1.165, 1.54) is 0 Å². The molecule has 2 nitrogen and oxygen atoms in total. The number of carbonyl (C=O) groups excluding carboxylic acids is 1. The second-order valence-corrected chi connectivity index (χ2v) is 6.76. The van der Waals surface area contributed by atoms with E-state index >= 15 is 0 Å². The average molecular weight is 260 g/mol. The van der Waals surface area contributed by atoms with Crippen LogP contribution in [0.4, 0.5) is 0 Å². The summed E-state index contributed by atoms with van der Waals surface area (Å²) in [6.07, 6.45) is 0.802. The maximum atomic E-state index is 12.8. The normalized spacial score (nSPS) is 26.1. The van der Waals surface area contributed by atoms with Crippen molar-refractivity contribution in [1.82, 2.24) is 0 Å². The summed E-state index contributed by atoms with van der Waals surface area (Å²) in [6, 6.07) is 10.00. The molecule has 1 saturated heterocycles. The van der Waals surface area contributed by atoms with Crippen molar-refractivity contribution in [1.29, 1.82) is 0 Å². The van der Waals surface area contributed by atoms with Crippen LogP contribution in [-0.4, -0.2) is 17.0 Å². The minimum Gasteiger partial charge on any atom is -0.369 e. The molecule has 104 valence electrons. The van der Waals surface area contributed by atoms with Gasteiger partial charge in [-0.05, 0) is 39.7 Å². The van der Waals surface area contributed by atoms with E-state index in [4.69, 9.17) is 4.74 Å². The van der Waals surface area contributed by atoms with Crippen LogP contribution in [0.15, 0.2) is 30.3 Å². The SMILES string of the molecule is CC(C(=O)C1CC(C)(C)OC1(C)C)c1ccccc1. The number of hydrogen-bond donors (Lipinski definition) is 0. The average Bonchev–Trinajstić information content (AvgIpc) is 2.56. The van der Waals surface area contributed by atoms with Gasteiger partial charge in [0.05, 0.1) is 11.2 Å². The summed E-state index contributed by atoms with van der Waals surface area (Å²) in [4.78, 5) is 12.8. The highest BCUT2D eigenvalue weighted by atomic mass is 16.5. The second-order valence-electron chi connectivity index (χ2n) is 6.76. The Balaban J connectivity index is 2.21. The molecular weight excluding hydrogens is 236 g/mol. The lowest BCUT2D eigenvalue weighted by Gasteiger charge is -2.28. The van der Waals surface area contributed by atoms with Crippen molar-refractivity contribution >= 4 is 5.78 Å². The molecule has 2 unspecified atom stereocenters. The summed E-state index contributed by atoms with van der Waals surface area (Å²) in [7, 11) is 0.